The van der Waals surface area contributed by atoms with Gasteiger partial charge in [0.1, 0.15) is 0 Å². The van der Waals surface area contributed by atoms with Gasteiger partial charge in [-0.25, -0.2) is 4.79 Å². The summed E-state index contributed by atoms with van der Waals surface area (Å²) < 4.78 is 9.56. The van der Waals surface area contributed by atoms with Crippen molar-refractivity contribution in [1.82, 2.24) is 0 Å². The first-order valence-corrected chi connectivity index (χ1v) is 4.05. The Morgan fingerprint density at radius 2 is 2.25 bits per heavy atom. The molecule has 66 valence electrons. The smallest absolute Gasteiger partial charge is 0.342 e. The first kappa shape index (κ1) is 9.42. The van der Waals surface area contributed by atoms with Crippen LogP contribution in [0.2, 0.25) is 0 Å². The second-order valence-corrected chi connectivity index (χ2v) is 3.05. The molecule has 0 N–H and O–H groups in total. The van der Waals surface area contributed by atoms with Crippen LogP contribution < -0.4 is 0 Å². The second kappa shape index (κ2) is 4.38. The van der Waals surface area contributed by atoms with Crippen LogP contribution in [0.15, 0.2) is 24.5 Å². The summed E-state index contributed by atoms with van der Waals surface area (Å²) in [6, 6.07) is 0. The summed E-state index contributed by atoms with van der Waals surface area (Å²) >= 11 is 10.5. The number of ether oxygens (including phenoxy) is 2. The highest BCUT2D eigenvalue weighted by atomic mass is 35.5. The highest BCUT2D eigenvalue weighted by Crippen LogP contribution is 2.09. The zero-order chi connectivity index (χ0) is 8.97. The van der Waals surface area contributed by atoms with Crippen LogP contribution in [-0.2, 0) is 14.3 Å². The van der Waals surface area contributed by atoms with Gasteiger partial charge < -0.3 is 9.47 Å². The Bertz CT molecular complexity index is 223. The van der Waals surface area contributed by atoms with Crippen molar-refractivity contribution in [3.63, 3.8) is 0 Å². The van der Waals surface area contributed by atoms with Gasteiger partial charge in [0.2, 0.25) is 4.84 Å². The third-order valence-corrected chi connectivity index (χ3v) is 1.44. The summed E-state index contributed by atoms with van der Waals surface area (Å²) in [5, 5.41) is 0. The molecule has 0 aliphatic carbocycles. The number of allylic oxidation sites excluding steroid dienone is 2. The molecule has 0 fully saturated rings. The van der Waals surface area contributed by atoms with E-state index in [-0.39, 0.29) is 0 Å². The van der Waals surface area contributed by atoms with Gasteiger partial charge in [-0.1, -0.05) is 29.3 Å². The second-order valence-electron chi connectivity index (χ2n) is 1.96. The van der Waals surface area contributed by atoms with E-state index in [1.54, 1.807) is 18.2 Å². The molecule has 0 aromatic rings. The number of alkyl halides is 2. The molecule has 1 unspecified atom stereocenters. The van der Waals surface area contributed by atoms with E-state index >= 15 is 0 Å². The van der Waals surface area contributed by atoms with E-state index in [2.05, 4.69) is 4.74 Å². The van der Waals surface area contributed by atoms with E-state index in [9.17, 15) is 4.79 Å². The van der Waals surface area contributed by atoms with Gasteiger partial charge in [0.05, 0.1) is 6.26 Å². The van der Waals surface area contributed by atoms with Crippen LogP contribution in [0.3, 0.4) is 0 Å². The molecule has 0 spiro atoms. The molecule has 1 atom stereocenters. The number of carbonyl (C=O) groups excluding carboxylic acids is 1. The Morgan fingerprint density at radius 1 is 1.50 bits per heavy atom. The highest BCUT2D eigenvalue weighted by Gasteiger charge is 2.18. The van der Waals surface area contributed by atoms with Crippen molar-refractivity contribution in [2.24, 2.45) is 0 Å². The fraction of sp³-hybridized carbons (Fsp3) is 0.286. The Kier molecular flexibility index (Phi) is 3.44. The number of halogens is 2. The highest BCUT2D eigenvalue weighted by molar-refractivity contribution is 6.52. The SMILES string of the molecule is O=C(OC1C=CC=CO1)C(Cl)Cl. The number of hydrogen-bond donors (Lipinski definition) is 0. The molecule has 1 aliphatic rings. The summed E-state index contributed by atoms with van der Waals surface area (Å²) in [4.78, 5) is 9.61. The van der Waals surface area contributed by atoms with E-state index in [1.807, 2.05) is 0 Å². The van der Waals surface area contributed by atoms with Gasteiger partial charge in [-0.3, -0.25) is 0 Å². The Hall–Kier alpha value is -0.670. The van der Waals surface area contributed by atoms with Crippen LogP contribution in [0.5, 0.6) is 0 Å². The molecule has 1 aliphatic heterocycles. The minimum absolute atomic E-state index is 0.719. The van der Waals surface area contributed by atoms with Crippen LogP contribution in [-0.4, -0.2) is 17.1 Å². The number of carbonyl (C=O) groups is 1. The third-order valence-electron chi connectivity index (χ3n) is 1.08. The quantitative estimate of drug-likeness (QED) is 0.513. The van der Waals surface area contributed by atoms with Gasteiger partial charge >= 0.3 is 5.97 Å². The number of esters is 1. The van der Waals surface area contributed by atoms with Crippen molar-refractivity contribution in [2.75, 3.05) is 0 Å². The van der Waals surface area contributed by atoms with Gasteiger partial charge in [0, 0.05) is 0 Å². The number of rotatable bonds is 2. The summed E-state index contributed by atoms with van der Waals surface area (Å²) in [5.41, 5.74) is 0. The topological polar surface area (TPSA) is 35.5 Å². The molecule has 1 rings (SSSR count). The molecule has 0 aromatic heterocycles. The Labute approximate surface area is 79.5 Å². The lowest BCUT2D eigenvalue weighted by Crippen LogP contribution is -2.22. The fourth-order valence-electron chi connectivity index (χ4n) is 0.601. The van der Waals surface area contributed by atoms with E-state index in [4.69, 9.17) is 27.9 Å². The standard InChI is InChI=1S/C7H6Cl2O3/c8-6(9)7(10)12-5-3-1-2-4-11-5/h1-6H. The lowest BCUT2D eigenvalue weighted by molar-refractivity contribution is -0.159. The number of hydrogen-bond acceptors (Lipinski definition) is 3. The van der Waals surface area contributed by atoms with Crippen molar-refractivity contribution < 1.29 is 14.3 Å². The van der Waals surface area contributed by atoms with E-state index in [0.717, 1.165) is 0 Å². The molecule has 12 heavy (non-hydrogen) atoms. The lowest BCUT2D eigenvalue weighted by atomic mass is 10.4. The molecular formula is C7H6Cl2O3. The third kappa shape index (κ3) is 2.75. The summed E-state index contributed by atoms with van der Waals surface area (Å²) in [5.74, 6) is -0.719. The van der Waals surface area contributed by atoms with Gasteiger partial charge in [-0.05, 0) is 12.2 Å². The van der Waals surface area contributed by atoms with Gasteiger partial charge in [0.15, 0.2) is 0 Å². The predicted molar refractivity (Wildman–Crippen MR) is 44.7 cm³/mol. The zero-order valence-electron chi connectivity index (χ0n) is 5.94. The first-order chi connectivity index (χ1) is 5.70. The molecule has 0 saturated heterocycles. The summed E-state index contributed by atoms with van der Waals surface area (Å²) in [6.07, 6.45) is 5.62. The zero-order valence-corrected chi connectivity index (χ0v) is 7.46. The monoisotopic (exact) mass is 208 g/mol. The maximum atomic E-state index is 10.8. The van der Waals surface area contributed by atoms with Crippen LogP contribution in [0.1, 0.15) is 0 Å². The van der Waals surface area contributed by atoms with E-state index in [1.165, 1.54) is 6.26 Å². The molecule has 0 bridgehead atoms. The summed E-state index contributed by atoms with van der Waals surface area (Å²) in [6.45, 7) is 0. The van der Waals surface area contributed by atoms with Crippen molar-refractivity contribution in [1.29, 1.82) is 0 Å². The van der Waals surface area contributed by atoms with Crippen molar-refractivity contribution in [3.05, 3.63) is 24.5 Å². The van der Waals surface area contributed by atoms with Crippen molar-refractivity contribution in [2.45, 2.75) is 11.1 Å². The maximum absolute atomic E-state index is 10.8. The largest absolute Gasteiger partial charge is 0.459 e. The molecule has 0 radical (unpaired) electrons. The van der Waals surface area contributed by atoms with Crippen LogP contribution in [0, 0.1) is 0 Å². The molecule has 5 heteroatoms. The Balaban J connectivity index is 2.37. The fourth-order valence-corrected chi connectivity index (χ4v) is 0.704. The van der Waals surface area contributed by atoms with Crippen molar-refractivity contribution in [3.8, 4) is 0 Å². The minimum atomic E-state index is -1.17. The van der Waals surface area contributed by atoms with Crippen LogP contribution in [0.4, 0.5) is 0 Å². The predicted octanol–water partition coefficient (Wildman–Crippen LogP) is 1.76. The van der Waals surface area contributed by atoms with Crippen LogP contribution >= 0.6 is 23.2 Å². The van der Waals surface area contributed by atoms with Gasteiger partial charge in [0.25, 0.3) is 6.29 Å². The molecule has 0 aromatic carbocycles. The molecule has 0 saturated carbocycles. The minimum Gasteiger partial charge on any atom is -0.459 e. The maximum Gasteiger partial charge on any atom is 0.342 e. The summed E-state index contributed by atoms with van der Waals surface area (Å²) in [7, 11) is 0. The van der Waals surface area contributed by atoms with Gasteiger partial charge in [-0.2, -0.15) is 0 Å². The average molecular weight is 209 g/mol. The van der Waals surface area contributed by atoms with Gasteiger partial charge in [-0.15, -0.1) is 0 Å². The van der Waals surface area contributed by atoms with E-state index in [0.29, 0.717) is 0 Å². The lowest BCUT2D eigenvalue weighted by Gasteiger charge is -2.15. The van der Waals surface area contributed by atoms with E-state index < -0.39 is 17.1 Å². The first-order valence-electron chi connectivity index (χ1n) is 3.17. The molecule has 1 heterocycles. The molecular weight excluding hydrogens is 203 g/mol. The average Bonchev–Trinajstić information content (AvgIpc) is 2.06. The van der Waals surface area contributed by atoms with Crippen molar-refractivity contribution >= 4 is 29.2 Å². The Morgan fingerprint density at radius 3 is 2.75 bits per heavy atom. The van der Waals surface area contributed by atoms with Crippen LogP contribution in [0.25, 0.3) is 0 Å². The molecule has 3 nitrogen and oxygen atoms in total. The molecule has 0 amide bonds. The normalized spacial score (nSPS) is 20.8.